The van der Waals surface area contributed by atoms with Gasteiger partial charge in [-0.3, -0.25) is 4.79 Å². The zero-order valence-electron chi connectivity index (χ0n) is 13.1. The summed E-state index contributed by atoms with van der Waals surface area (Å²) < 4.78 is 11.3. The van der Waals surface area contributed by atoms with E-state index in [-0.39, 0.29) is 19.0 Å². The average molecular weight is 338 g/mol. The lowest BCUT2D eigenvalue weighted by Gasteiger charge is -2.06. The summed E-state index contributed by atoms with van der Waals surface area (Å²) in [6.07, 6.45) is 0. The summed E-state index contributed by atoms with van der Waals surface area (Å²) in [7, 11) is 0. The van der Waals surface area contributed by atoms with Gasteiger partial charge in [-0.05, 0) is 28.1 Å². The zero-order chi connectivity index (χ0) is 17.5. The number of nitrogens with zero attached hydrogens (tertiary/aromatic N) is 4. The second kappa shape index (κ2) is 7.82. The van der Waals surface area contributed by atoms with Crippen LogP contribution < -0.4 is 4.74 Å². The van der Waals surface area contributed by atoms with Crippen molar-refractivity contribution in [3.63, 3.8) is 0 Å². The van der Waals surface area contributed by atoms with Crippen LogP contribution in [0.5, 0.6) is 5.75 Å². The van der Waals surface area contributed by atoms with Gasteiger partial charge < -0.3 is 9.47 Å². The van der Waals surface area contributed by atoms with Gasteiger partial charge in [0.1, 0.15) is 18.9 Å². The van der Waals surface area contributed by atoms with E-state index in [1.54, 1.807) is 30.3 Å². The van der Waals surface area contributed by atoms with E-state index in [0.29, 0.717) is 5.75 Å². The molecule has 0 aliphatic heterocycles. The number of aromatic nitrogens is 4. The summed E-state index contributed by atoms with van der Waals surface area (Å²) in [5.41, 5.74) is 0.858. The highest BCUT2D eigenvalue weighted by Crippen LogP contribution is 2.10. The summed E-state index contributed by atoms with van der Waals surface area (Å²) in [5.74, 6) is -1.15. The lowest BCUT2D eigenvalue weighted by atomic mass is 10.2. The Morgan fingerprint density at radius 3 is 2.36 bits per heavy atom. The molecule has 0 saturated heterocycles. The van der Waals surface area contributed by atoms with Gasteiger partial charge in [0, 0.05) is 0 Å². The van der Waals surface area contributed by atoms with Crippen molar-refractivity contribution in [1.29, 1.82) is 0 Å². The molecule has 0 unspecified atom stereocenters. The van der Waals surface area contributed by atoms with Gasteiger partial charge in [0.05, 0.1) is 0 Å². The second-order valence-corrected chi connectivity index (χ2v) is 5.01. The van der Waals surface area contributed by atoms with Crippen LogP contribution in [0.1, 0.15) is 16.2 Å². The number of hydrogen-bond donors (Lipinski definition) is 0. The number of ether oxygens (including phenoxy) is 2. The second-order valence-electron chi connectivity index (χ2n) is 5.01. The first kappa shape index (κ1) is 16.3. The third-order valence-electron chi connectivity index (χ3n) is 3.19. The Morgan fingerprint density at radius 2 is 1.64 bits per heavy atom. The van der Waals surface area contributed by atoms with Gasteiger partial charge in [0.2, 0.25) is 0 Å². The SMILES string of the molecule is O=C(Cn1nnnc1C(=O)Oc1ccccc1)OCc1ccccc1. The van der Waals surface area contributed by atoms with Crippen LogP contribution in [0, 0.1) is 0 Å². The van der Waals surface area contributed by atoms with Crippen molar-refractivity contribution in [3.05, 3.63) is 72.1 Å². The maximum atomic E-state index is 12.1. The van der Waals surface area contributed by atoms with Crippen LogP contribution in [0.3, 0.4) is 0 Å². The first-order chi connectivity index (χ1) is 12.2. The number of hydrogen-bond acceptors (Lipinski definition) is 7. The molecule has 0 amide bonds. The molecule has 0 saturated carbocycles. The van der Waals surface area contributed by atoms with Crippen LogP contribution in [-0.2, 0) is 22.7 Å². The molecule has 8 nitrogen and oxygen atoms in total. The number of carbonyl (C=O) groups is 2. The highest BCUT2D eigenvalue weighted by atomic mass is 16.5. The average Bonchev–Trinajstić information content (AvgIpc) is 3.10. The number of carbonyl (C=O) groups excluding carboxylic acids is 2. The Balaban J connectivity index is 1.59. The predicted octanol–water partition coefficient (Wildman–Crippen LogP) is 1.64. The third-order valence-corrected chi connectivity index (χ3v) is 3.19. The molecule has 0 atom stereocenters. The Kier molecular flexibility index (Phi) is 5.10. The molecule has 0 aliphatic rings. The number of esters is 2. The predicted molar refractivity (Wildman–Crippen MR) is 85.5 cm³/mol. The topological polar surface area (TPSA) is 96.2 Å². The van der Waals surface area contributed by atoms with Crippen molar-refractivity contribution in [2.45, 2.75) is 13.2 Å². The minimum absolute atomic E-state index is 0.131. The normalized spacial score (nSPS) is 10.2. The highest BCUT2D eigenvalue weighted by Gasteiger charge is 2.20. The molecule has 25 heavy (non-hydrogen) atoms. The fraction of sp³-hybridized carbons (Fsp3) is 0.118. The molecule has 3 aromatic rings. The van der Waals surface area contributed by atoms with Crippen molar-refractivity contribution >= 4 is 11.9 Å². The van der Waals surface area contributed by atoms with Crippen LogP contribution in [0.15, 0.2) is 60.7 Å². The van der Waals surface area contributed by atoms with E-state index < -0.39 is 11.9 Å². The number of para-hydroxylation sites is 1. The van der Waals surface area contributed by atoms with E-state index in [2.05, 4.69) is 15.5 Å². The van der Waals surface area contributed by atoms with Gasteiger partial charge >= 0.3 is 11.9 Å². The van der Waals surface area contributed by atoms with E-state index in [1.165, 1.54) is 0 Å². The Bertz CT molecular complexity index is 849. The van der Waals surface area contributed by atoms with Gasteiger partial charge in [-0.15, -0.1) is 5.10 Å². The van der Waals surface area contributed by atoms with Crippen LogP contribution in [0.2, 0.25) is 0 Å². The molecule has 0 bridgehead atoms. The standard InChI is InChI=1S/C17H14N4O4/c22-15(24-12-13-7-3-1-4-8-13)11-21-16(18-19-20-21)17(23)25-14-9-5-2-6-10-14/h1-10H,11-12H2. The molecule has 0 fully saturated rings. The molecular weight excluding hydrogens is 324 g/mol. The van der Waals surface area contributed by atoms with Gasteiger partial charge in [0.15, 0.2) is 0 Å². The smallest absolute Gasteiger partial charge is 0.383 e. The molecule has 1 heterocycles. The highest BCUT2D eigenvalue weighted by molar-refractivity contribution is 5.87. The molecule has 0 spiro atoms. The van der Waals surface area contributed by atoms with E-state index >= 15 is 0 Å². The van der Waals surface area contributed by atoms with Crippen LogP contribution >= 0.6 is 0 Å². The first-order valence-corrected chi connectivity index (χ1v) is 7.45. The zero-order valence-corrected chi connectivity index (χ0v) is 13.1. The van der Waals surface area contributed by atoms with Gasteiger partial charge in [0.25, 0.3) is 5.82 Å². The summed E-state index contributed by atoms with van der Waals surface area (Å²) in [6, 6.07) is 17.8. The lowest BCUT2D eigenvalue weighted by molar-refractivity contribution is -0.145. The van der Waals surface area contributed by atoms with Crippen molar-refractivity contribution in [3.8, 4) is 5.75 Å². The number of rotatable bonds is 6. The van der Waals surface area contributed by atoms with Crippen molar-refractivity contribution in [2.75, 3.05) is 0 Å². The van der Waals surface area contributed by atoms with Crippen molar-refractivity contribution in [1.82, 2.24) is 20.2 Å². The van der Waals surface area contributed by atoms with E-state index in [9.17, 15) is 9.59 Å². The molecule has 126 valence electrons. The Hall–Kier alpha value is -3.55. The molecule has 0 radical (unpaired) electrons. The lowest BCUT2D eigenvalue weighted by Crippen LogP contribution is -2.21. The van der Waals surface area contributed by atoms with Crippen LogP contribution in [0.4, 0.5) is 0 Å². The molecule has 8 heteroatoms. The quantitative estimate of drug-likeness (QED) is 0.498. The van der Waals surface area contributed by atoms with Gasteiger partial charge in [-0.2, -0.15) is 0 Å². The van der Waals surface area contributed by atoms with E-state index in [4.69, 9.17) is 9.47 Å². The first-order valence-electron chi connectivity index (χ1n) is 7.45. The molecule has 0 aliphatic carbocycles. The molecule has 1 aromatic heterocycles. The maximum absolute atomic E-state index is 12.1. The Morgan fingerprint density at radius 1 is 0.960 bits per heavy atom. The number of tetrazole rings is 1. The van der Waals surface area contributed by atoms with Crippen LogP contribution in [0.25, 0.3) is 0 Å². The number of benzene rings is 2. The molecule has 2 aromatic carbocycles. The summed E-state index contributed by atoms with van der Waals surface area (Å²) in [4.78, 5) is 24.0. The van der Waals surface area contributed by atoms with Gasteiger partial charge in [-0.25, -0.2) is 9.48 Å². The third kappa shape index (κ3) is 4.47. The molecule has 0 N–H and O–H groups in total. The molecular formula is C17H14N4O4. The fourth-order valence-corrected chi connectivity index (χ4v) is 2.00. The van der Waals surface area contributed by atoms with Gasteiger partial charge in [-0.1, -0.05) is 48.5 Å². The summed E-state index contributed by atoms with van der Waals surface area (Å²) in [6.45, 7) is -0.162. The largest absolute Gasteiger partial charge is 0.459 e. The minimum Gasteiger partial charge on any atom is -0.459 e. The monoisotopic (exact) mass is 338 g/mol. The maximum Gasteiger partial charge on any atom is 0.383 e. The Labute approximate surface area is 143 Å². The van der Waals surface area contributed by atoms with Crippen molar-refractivity contribution in [2.24, 2.45) is 0 Å². The van der Waals surface area contributed by atoms with Crippen molar-refractivity contribution < 1.29 is 19.1 Å². The van der Waals surface area contributed by atoms with E-state index in [1.807, 2.05) is 30.3 Å². The summed E-state index contributed by atoms with van der Waals surface area (Å²) >= 11 is 0. The van der Waals surface area contributed by atoms with E-state index in [0.717, 1.165) is 10.2 Å². The fourth-order valence-electron chi connectivity index (χ4n) is 2.00. The summed E-state index contributed by atoms with van der Waals surface area (Å²) in [5, 5.41) is 10.6. The minimum atomic E-state index is -0.757. The van der Waals surface area contributed by atoms with Crippen LogP contribution in [-0.4, -0.2) is 32.1 Å². The molecule has 3 rings (SSSR count).